The molecule has 0 radical (unpaired) electrons. The maximum Gasteiger partial charge on any atom is 0.137 e. The van der Waals surface area contributed by atoms with Gasteiger partial charge in [-0.2, -0.15) is 0 Å². The van der Waals surface area contributed by atoms with E-state index in [1.807, 2.05) is 18.2 Å². The third kappa shape index (κ3) is 2.86. The van der Waals surface area contributed by atoms with Crippen LogP contribution >= 0.6 is 0 Å². The van der Waals surface area contributed by atoms with Crippen molar-refractivity contribution in [2.45, 2.75) is 32.6 Å². The SMILES string of the molecule is CC1CCCC(CNc2ncnc3ccccc23)C1. The molecular weight excluding hydrogens is 234 g/mol. The number of nitrogens with one attached hydrogen (secondary N) is 1. The Labute approximate surface area is 114 Å². The summed E-state index contributed by atoms with van der Waals surface area (Å²) in [5.74, 6) is 2.64. The summed E-state index contributed by atoms with van der Waals surface area (Å²) in [6.45, 7) is 3.40. The second-order valence-corrected chi connectivity index (χ2v) is 5.76. The molecule has 1 aliphatic carbocycles. The van der Waals surface area contributed by atoms with Gasteiger partial charge in [0, 0.05) is 11.9 Å². The summed E-state index contributed by atoms with van der Waals surface area (Å²) in [6.07, 6.45) is 7.11. The zero-order valence-corrected chi connectivity index (χ0v) is 11.5. The van der Waals surface area contributed by atoms with Gasteiger partial charge in [-0.1, -0.05) is 31.9 Å². The number of hydrogen-bond donors (Lipinski definition) is 1. The summed E-state index contributed by atoms with van der Waals surface area (Å²) in [7, 11) is 0. The van der Waals surface area contributed by atoms with Crippen LogP contribution in [0.1, 0.15) is 32.6 Å². The van der Waals surface area contributed by atoms with Gasteiger partial charge in [0.1, 0.15) is 12.1 Å². The first kappa shape index (κ1) is 12.4. The Bertz CT molecular complexity index is 547. The predicted molar refractivity (Wildman–Crippen MR) is 79.1 cm³/mol. The van der Waals surface area contributed by atoms with E-state index < -0.39 is 0 Å². The molecule has 3 rings (SSSR count). The van der Waals surface area contributed by atoms with Crippen LogP contribution in [-0.4, -0.2) is 16.5 Å². The quantitative estimate of drug-likeness (QED) is 0.904. The third-order valence-corrected chi connectivity index (χ3v) is 4.15. The average molecular weight is 255 g/mol. The fraction of sp³-hybridized carbons (Fsp3) is 0.500. The van der Waals surface area contributed by atoms with Gasteiger partial charge >= 0.3 is 0 Å². The minimum absolute atomic E-state index is 0.789. The Morgan fingerprint density at radius 3 is 3.00 bits per heavy atom. The van der Waals surface area contributed by atoms with Gasteiger partial charge in [-0.15, -0.1) is 0 Å². The average Bonchev–Trinajstić information content (AvgIpc) is 2.45. The van der Waals surface area contributed by atoms with Crippen LogP contribution in [0.2, 0.25) is 0 Å². The van der Waals surface area contributed by atoms with Gasteiger partial charge < -0.3 is 5.32 Å². The number of nitrogens with zero attached hydrogens (tertiary/aromatic N) is 2. The third-order valence-electron chi connectivity index (χ3n) is 4.15. The van der Waals surface area contributed by atoms with Gasteiger partial charge in [0.2, 0.25) is 0 Å². The summed E-state index contributed by atoms with van der Waals surface area (Å²) >= 11 is 0. The molecule has 2 aromatic rings. The number of aromatic nitrogens is 2. The zero-order chi connectivity index (χ0) is 13.1. The highest BCUT2D eigenvalue weighted by atomic mass is 15.0. The largest absolute Gasteiger partial charge is 0.369 e. The summed E-state index contributed by atoms with van der Waals surface area (Å²) in [6, 6.07) is 8.17. The lowest BCUT2D eigenvalue weighted by atomic mass is 9.82. The number of hydrogen-bond acceptors (Lipinski definition) is 3. The Kier molecular flexibility index (Phi) is 3.62. The topological polar surface area (TPSA) is 37.8 Å². The second kappa shape index (κ2) is 5.55. The van der Waals surface area contributed by atoms with Gasteiger partial charge in [0.05, 0.1) is 5.52 Å². The lowest BCUT2D eigenvalue weighted by Gasteiger charge is -2.27. The molecule has 1 saturated carbocycles. The number of benzene rings is 1. The lowest BCUT2D eigenvalue weighted by Crippen LogP contribution is -2.21. The molecule has 1 aromatic carbocycles. The molecule has 0 saturated heterocycles. The van der Waals surface area contributed by atoms with Crippen molar-refractivity contribution in [2.24, 2.45) is 11.8 Å². The summed E-state index contributed by atoms with van der Waals surface area (Å²) in [5.41, 5.74) is 1.01. The normalized spacial score (nSPS) is 23.4. The van der Waals surface area contributed by atoms with Crippen molar-refractivity contribution in [1.29, 1.82) is 0 Å². The van der Waals surface area contributed by atoms with E-state index in [0.717, 1.165) is 35.1 Å². The number of para-hydroxylation sites is 1. The molecule has 1 N–H and O–H groups in total. The Morgan fingerprint density at radius 2 is 2.11 bits per heavy atom. The summed E-state index contributed by atoms with van der Waals surface area (Å²) in [5, 5.41) is 4.65. The van der Waals surface area contributed by atoms with Crippen molar-refractivity contribution in [3.05, 3.63) is 30.6 Å². The molecule has 100 valence electrons. The van der Waals surface area contributed by atoms with Crippen molar-refractivity contribution in [2.75, 3.05) is 11.9 Å². The molecule has 2 unspecified atom stereocenters. The van der Waals surface area contributed by atoms with E-state index in [0.29, 0.717) is 0 Å². The molecule has 1 fully saturated rings. The zero-order valence-electron chi connectivity index (χ0n) is 11.5. The fourth-order valence-corrected chi connectivity index (χ4v) is 3.13. The van der Waals surface area contributed by atoms with Gasteiger partial charge in [-0.3, -0.25) is 0 Å². The Morgan fingerprint density at radius 1 is 1.21 bits per heavy atom. The first-order valence-electron chi connectivity index (χ1n) is 7.26. The highest BCUT2D eigenvalue weighted by molar-refractivity contribution is 5.88. The smallest absolute Gasteiger partial charge is 0.137 e. The summed E-state index contributed by atoms with van der Waals surface area (Å²) in [4.78, 5) is 8.69. The van der Waals surface area contributed by atoms with E-state index >= 15 is 0 Å². The van der Waals surface area contributed by atoms with E-state index in [-0.39, 0.29) is 0 Å². The maximum absolute atomic E-state index is 4.39. The standard InChI is InChI=1S/C16H21N3/c1-12-5-4-6-13(9-12)10-17-16-14-7-2-3-8-15(14)18-11-19-16/h2-3,7-8,11-13H,4-6,9-10H2,1H3,(H,17,18,19). The van der Waals surface area contributed by atoms with Crippen LogP contribution in [0.25, 0.3) is 10.9 Å². The lowest BCUT2D eigenvalue weighted by molar-refractivity contribution is 0.293. The molecule has 0 aliphatic heterocycles. The number of fused-ring (bicyclic) bond motifs is 1. The van der Waals surface area contributed by atoms with Crippen LogP contribution in [0.4, 0.5) is 5.82 Å². The van der Waals surface area contributed by atoms with Crippen LogP contribution in [0.15, 0.2) is 30.6 Å². The minimum atomic E-state index is 0.789. The molecule has 3 heteroatoms. The number of rotatable bonds is 3. The van der Waals surface area contributed by atoms with Gasteiger partial charge in [0.25, 0.3) is 0 Å². The van der Waals surface area contributed by atoms with Crippen LogP contribution in [0.3, 0.4) is 0 Å². The molecule has 0 bridgehead atoms. The van der Waals surface area contributed by atoms with Crippen LogP contribution in [-0.2, 0) is 0 Å². The van der Waals surface area contributed by atoms with Gasteiger partial charge in [0.15, 0.2) is 0 Å². The predicted octanol–water partition coefficient (Wildman–Crippen LogP) is 3.87. The van der Waals surface area contributed by atoms with E-state index in [9.17, 15) is 0 Å². The first-order chi connectivity index (χ1) is 9.33. The summed E-state index contributed by atoms with van der Waals surface area (Å²) < 4.78 is 0. The highest BCUT2D eigenvalue weighted by Gasteiger charge is 2.18. The molecular formula is C16H21N3. The maximum atomic E-state index is 4.39. The molecule has 0 spiro atoms. The number of anilines is 1. The molecule has 1 aliphatic rings. The van der Waals surface area contributed by atoms with Crippen LogP contribution in [0, 0.1) is 11.8 Å². The minimum Gasteiger partial charge on any atom is -0.369 e. The molecule has 3 nitrogen and oxygen atoms in total. The van der Waals surface area contributed by atoms with E-state index in [1.165, 1.54) is 25.7 Å². The van der Waals surface area contributed by atoms with Crippen LogP contribution < -0.4 is 5.32 Å². The molecule has 1 heterocycles. The van der Waals surface area contributed by atoms with E-state index in [4.69, 9.17) is 0 Å². The van der Waals surface area contributed by atoms with Crippen molar-refractivity contribution < 1.29 is 0 Å². The van der Waals surface area contributed by atoms with Crippen molar-refractivity contribution in [3.8, 4) is 0 Å². The Hall–Kier alpha value is -1.64. The van der Waals surface area contributed by atoms with E-state index in [2.05, 4.69) is 28.3 Å². The molecule has 19 heavy (non-hydrogen) atoms. The molecule has 2 atom stereocenters. The fourth-order valence-electron chi connectivity index (χ4n) is 3.13. The Balaban J connectivity index is 1.71. The first-order valence-corrected chi connectivity index (χ1v) is 7.26. The van der Waals surface area contributed by atoms with Crippen molar-refractivity contribution in [3.63, 3.8) is 0 Å². The highest BCUT2D eigenvalue weighted by Crippen LogP contribution is 2.29. The monoisotopic (exact) mass is 255 g/mol. The molecule has 1 aromatic heterocycles. The molecule has 0 amide bonds. The van der Waals surface area contributed by atoms with Gasteiger partial charge in [-0.05, 0) is 36.8 Å². The van der Waals surface area contributed by atoms with Crippen molar-refractivity contribution in [1.82, 2.24) is 9.97 Å². The van der Waals surface area contributed by atoms with Crippen LogP contribution in [0.5, 0.6) is 0 Å². The van der Waals surface area contributed by atoms with Gasteiger partial charge in [-0.25, -0.2) is 9.97 Å². The van der Waals surface area contributed by atoms with Crippen molar-refractivity contribution >= 4 is 16.7 Å². The second-order valence-electron chi connectivity index (χ2n) is 5.76. The van der Waals surface area contributed by atoms with E-state index in [1.54, 1.807) is 6.33 Å².